The van der Waals surface area contributed by atoms with Crippen molar-refractivity contribution in [1.82, 2.24) is 10.2 Å². The highest BCUT2D eigenvalue weighted by Gasteiger charge is 2.30. The van der Waals surface area contributed by atoms with Crippen LogP contribution in [0.5, 0.6) is 0 Å². The fraction of sp³-hybridized carbons (Fsp3) is 0.941. The molecule has 0 aromatic carbocycles. The van der Waals surface area contributed by atoms with Crippen molar-refractivity contribution >= 4 is 6.09 Å². The Bertz CT molecular complexity index is 367. The highest BCUT2D eigenvalue weighted by molar-refractivity contribution is 5.68. The number of likely N-dealkylation sites (tertiary alicyclic amines) is 1. The van der Waals surface area contributed by atoms with E-state index in [4.69, 9.17) is 4.74 Å². The molecule has 0 aromatic rings. The molecule has 2 N–H and O–H groups in total. The topological polar surface area (TPSA) is 61.8 Å². The molecule has 2 fully saturated rings. The first-order chi connectivity index (χ1) is 10.4. The van der Waals surface area contributed by atoms with Crippen LogP contribution in [0.15, 0.2) is 0 Å². The summed E-state index contributed by atoms with van der Waals surface area (Å²) in [6, 6.07) is 0.896. The van der Waals surface area contributed by atoms with Gasteiger partial charge in [0, 0.05) is 31.8 Å². The second-order valence-corrected chi connectivity index (χ2v) is 7.74. The molecule has 128 valence electrons. The Kier molecular flexibility index (Phi) is 6.09. The maximum Gasteiger partial charge on any atom is 0.410 e. The summed E-state index contributed by atoms with van der Waals surface area (Å²) in [5, 5.41) is 13.2. The number of carbonyl (C=O) groups excluding carboxylic acids is 1. The zero-order valence-corrected chi connectivity index (χ0v) is 14.3. The largest absolute Gasteiger partial charge is 0.444 e. The molecule has 3 unspecified atom stereocenters. The maximum absolute atomic E-state index is 12.2. The molecule has 5 heteroatoms. The zero-order valence-electron chi connectivity index (χ0n) is 14.3. The number of carbonyl (C=O) groups is 1. The Morgan fingerprint density at radius 2 is 1.95 bits per heavy atom. The number of ether oxygens (including phenoxy) is 1. The van der Waals surface area contributed by atoms with Gasteiger partial charge in [-0.05, 0) is 58.8 Å². The molecule has 0 bridgehead atoms. The first-order valence-corrected chi connectivity index (χ1v) is 8.74. The van der Waals surface area contributed by atoms with E-state index in [1.807, 2.05) is 25.7 Å². The van der Waals surface area contributed by atoms with Crippen molar-refractivity contribution in [2.75, 3.05) is 19.7 Å². The molecule has 5 nitrogen and oxygen atoms in total. The molecule has 1 heterocycles. The van der Waals surface area contributed by atoms with E-state index in [-0.39, 0.29) is 12.7 Å². The van der Waals surface area contributed by atoms with Gasteiger partial charge in [0.05, 0.1) is 0 Å². The third kappa shape index (κ3) is 5.13. The van der Waals surface area contributed by atoms with Crippen LogP contribution in [0.1, 0.15) is 59.3 Å². The lowest BCUT2D eigenvalue weighted by Crippen LogP contribution is -2.42. The second kappa shape index (κ2) is 7.64. The lowest BCUT2D eigenvalue weighted by molar-refractivity contribution is 0.0256. The van der Waals surface area contributed by atoms with Crippen LogP contribution >= 0.6 is 0 Å². The Morgan fingerprint density at radius 3 is 2.64 bits per heavy atom. The van der Waals surface area contributed by atoms with Crippen molar-refractivity contribution in [2.45, 2.75) is 77.0 Å². The van der Waals surface area contributed by atoms with Gasteiger partial charge in [0.1, 0.15) is 5.60 Å². The minimum atomic E-state index is -0.431. The number of amides is 1. The van der Waals surface area contributed by atoms with E-state index in [0.29, 0.717) is 18.0 Å². The summed E-state index contributed by atoms with van der Waals surface area (Å²) in [5.41, 5.74) is -0.431. The van der Waals surface area contributed by atoms with Crippen molar-refractivity contribution in [3.63, 3.8) is 0 Å². The molecule has 0 spiro atoms. The normalized spacial score (nSPS) is 30.2. The van der Waals surface area contributed by atoms with Gasteiger partial charge in [-0.3, -0.25) is 0 Å². The summed E-state index contributed by atoms with van der Waals surface area (Å²) in [6.45, 7) is 7.53. The predicted octanol–water partition coefficient (Wildman–Crippen LogP) is 2.53. The fourth-order valence-corrected chi connectivity index (χ4v) is 3.55. The first-order valence-electron chi connectivity index (χ1n) is 8.74. The smallest absolute Gasteiger partial charge is 0.410 e. The highest BCUT2D eigenvalue weighted by Crippen LogP contribution is 2.26. The van der Waals surface area contributed by atoms with Crippen molar-refractivity contribution in [3.8, 4) is 0 Å². The molecule has 3 atom stereocenters. The average molecular weight is 312 g/mol. The van der Waals surface area contributed by atoms with Crippen LogP contribution in [0.2, 0.25) is 0 Å². The van der Waals surface area contributed by atoms with E-state index in [9.17, 15) is 9.90 Å². The number of hydrogen-bond donors (Lipinski definition) is 2. The Morgan fingerprint density at radius 1 is 1.18 bits per heavy atom. The molecule has 0 radical (unpaired) electrons. The molecule has 1 saturated heterocycles. The molecular formula is C17H32N2O3. The van der Waals surface area contributed by atoms with Crippen molar-refractivity contribution in [1.29, 1.82) is 0 Å². The van der Waals surface area contributed by atoms with Gasteiger partial charge < -0.3 is 20.1 Å². The summed E-state index contributed by atoms with van der Waals surface area (Å²) in [6.07, 6.45) is 6.37. The molecule has 2 aliphatic rings. The van der Waals surface area contributed by atoms with Crippen LogP contribution in [0, 0.1) is 5.92 Å². The molecule has 1 aliphatic heterocycles. The van der Waals surface area contributed by atoms with Gasteiger partial charge in [-0.15, -0.1) is 0 Å². The van der Waals surface area contributed by atoms with Crippen LogP contribution < -0.4 is 5.32 Å². The summed E-state index contributed by atoms with van der Waals surface area (Å²) < 4.78 is 5.47. The lowest BCUT2D eigenvalue weighted by Gasteiger charge is -2.27. The summed E-state index contributed by atoms with van der Waals surface area (Å²) in [7, 11) is 0. The van der Waals surface area contributed by atoms with E-state index in [1.54, 1.807) is 0 Å². The van der Waals surface area contributed by atoms with Gasteiger partial charge in [0.25, 0.3) is 0 Å². The number of hydrogen-bond acceptors (Lipinski definition) is 4. The molecule has 22 heavy (non-hydrogen) atoms. The second-order valence-electron chi connectivity index (χ2n) is 7.74. The molecule has 2 rings (SSSR count). The van der Waals surface area contributed by atoms with Crippen LogP contribution in [0.25, 0.3) is 0 Å². The summed E-state index contributed by atoms with van der Waals surface area (Å²) >= 11 is 0. The van der Waals surface area contributed by atoms with E-state index in [1.165, 1.54) is 6.42 Å². The van der Waals surface area contributed by atoms with E-state index >= 15 is 0 Å². The highest BCUT2D eigenvalue weighted by atomic mass is 16.6. The van der Waals surface area contributed by atoms with Crippen LogP contribution in [-0.2, 0) is 4.74 Å². The number of aliphatic hydroxyl groups is 1. The SMILES string of the molecule is CC(C)(C)OC(=O)N1CCCC(NC2CCCC2CO)CC1. The third-order valence-electron chi connectivity index (χ3n) is 4.72. The minimum Gasteiger partial charge on any atom is -0.444 e. The number of rotatable bonds is 3. The monoisotopic (exact) mass is 312 g/mol. The van der Waals surface area contributed by atoms with Crippen LogP contribution in [0.3, 0.4) is 0 Å². The maximum atomic E-state index is 12.2. The van der Waals surface area contributed by atoms with E-state index in [2.05, 4.69) is 5.32 Å². The van der Waals surface area contributed by atoms with Gasteiger partial charge in [-0.25, -0.2) is 4.79 Å². The molecular weight excluding hydrogens is 280 g/mol. The van der Waals surface area contributed by atoms with Gasteiger partial charge in [-0.1, -0.05) is 6.42 Å². The van der Waals surface area contributed by atoms with E-state index < -0.39 is 5.60 Å². The molecule has 0 aromatic heterocycles. The summed E-state index contributed by atoms with van der Waals surface area (Å²) in [4.78, 5) is 14.0. The number of aliphatic hydroxyl groups excluding tert-OH is 1. The number of nitrogens with zero attached hydrogens (tertiary/aromatic N) is 1. The van der Waals surface area contributed by atoms with Crippen molar-refractivity contribution in [3.05, 3.63) is 0 Å². The number of nitrogens with one attached hydrogen (secondary N) is 1. The van der Waals surface area contributed by atoms with Crippen LogP contribution in [-0.4, -0.2) is 53.5 Å². The minimum absolute atomic E-state index is 0.192. The third-order valence-corrected chi connectivity index (χ3v) is 4.72. The standard InChI is InChI=1S/C17H32N2O3/c1-17(2,3)22-16(21)19-10-5-7-14(9-11-19)18-15-8-4-6-13(15)12-20/h13-15,18,20H,4-12H2,1-3H3. The van der Waals surface area contributed by atoms with Gasteiger partial charge in [0.2, 0.25) is 0 Å². The zero-order chi connectivity index (χ0) is 16.2. The summed E-state index contributed by atoms with van der Waals surface area (Å²) in [5.74, 6) is 0.408. The fourth-order valence-electron chi connectivity index (χ4n) is 3.55. The quantitative estimate of drug-likeness (QED) is 0.840. The average Bonchev–Trinajstić information content (AvgIpc) is 2.73. The Balaban J connectivity index is 1.81. The molecule has 1 aliphatic carbocycles. The van der Waals surface area contributed by atoms with Gasteiger partial charge >= 0.3 is 6.09 Å². The van der Waals surface area contributed by atoms with Gasteiger partial charge in [0.15, 0.2) is 0 Å². The van der Waals surface area contributed by atoms with Gasteiger partial charge in [-0.2, -0.15) is 0 Å². The first kappa shape index (κ1) is 17.5. The molecule has 1 saturated carbocycles. The predicted molar refractivity (Wildman–Crippen MR) is 86.8 cm³/mol. The Hall–Kier alpha value is -0.810. The van der Waals surface area contributed by atoms with Crippen molar-refractivity contribution in [2.24, 2.45) is 5.92 Å². The van der Waals surface area contributed by atoms with Crippen molar-refractivity contribution < 1.29 is 14.6 Å². The molecule has 1 amide bonds. The van der Waals surface area contributed by atoms with Crippen LogP contribution in [0.4, 0.5) is 4.79 Å². The van der Waals surface area contributed by atoms with E-state index in [0.717, 1.165) is 45.2 Å². The Labute approximate surface area is 134 Å². The lowest BCUT2D eigenvalue weighted by atomic mass is 10.0.